The number of rotatable bonds is 5. The fraction of sp³-hybridized carbons (Fsp3) is 1.00. The lowest BCUT2D eigenvalue weighted by molar-refractivity contribution is 0.254. The van der Waals surface area contributed by atoms with Crippen molar-refractivity contribution < 1.29 is 0 Å². The van der Waals surface area contributed by atoms with Gasteiger partial charge in [0.1, 0.15) is 0 Å². The fourth-order valence-corrected chi connectivity index (χ4v) is 3.90. The normalized spacial score (nSPS) is 34.1. The second-order valence-corrected chi connectivity index (χ2v) is 6.97. The van der Waals surface area contributed by atoms with Crippen LogP contribution in [0.5, 0.6) is 0 Å². The minimum Gasteiger partial charge on any atom is -0.313 e. The summed E-state index contributed by atoms with van der Waals surface area (Å²) in [5, 5.41) is 3.80. The topological polar surface area (TPSA) is 15.3 Å². The lowest BCUT2D eigenvalue weighted by atomic mass is 9.87. The molecule has 2 rings (SSSR count). The molecule has 3 atom stereocenters. The van der Waals surface area contributed by atoms with Gasteiger partial charge in [-0.1, -0.05) is 33.1 Å². The van der Waals surface area contributed by atoms with Crippen molar-refractivity contribution in [3.63, 3.8) is 0 Å². The van der Waals surface area contributed by atoms with Gasteiger partial charge in [-0.2, -0.15) is 0 Å². The molecule has 0 amide bonds. The number of likely N-dealkylation sites (tertiary alicyclic amines) is 1. The van der Waals surface area contributed by atoms with Gasteiger partial charge in [0.15, 0.2) is 0 Å². The zero-order valence-electron chi connectivity index (χ0n) is 13.2. The van der Waals surface area contributed by atoms with Crippen LogP contribution < -0.4 is 5.32 Å². The third kappa shape index (κ3) is 5.43. The van der Waals surface area contributed by atoms with Crippen LogP contribution in [0, 0.1) is 11.8 Å². The molecular formula is C17H34N2. The van der Waals surface area contributed by atoms with Crippen LogP contribution >= 0.6 is 0 Å². The summed E-state index contributed by atoms with van der Waals surface area (Å²) < 4.78 is 0. The van der Waals surface area contributed by atoms with Crippen molar-refractivity contribution in [2.45, 2.75) is 71.3 Å². The summed E-state index contributed by atoms with van der Waals surface area (Å²) >= 11 is 0. The molecule has 0 spiro atoms. The summed E-state index contributed by atoms with van der Waals surface area (Å²) in [6.45, 7) is 9.90. The first-order valence-electron chi connectivity index (χ1n) is 8.73. The highest BCUT2D eigenvalue weighted by atomic mass is 15.1. The highest BCUT2D eigenvalue weighted by molar-refractivity contribution is 4.77. The van der Waals surface area contributed by atoms with Crippen molar-refractivity contribution in [2.75, 3.05) is 26.2 Å². The van der Waals surface area contributed by atoms with E-state index in [0.29, 0.717) is 0 Å². The van der Waals surface area contributed by atoms with E-state index < -0.39 is 0 Å². The quantitative estimate of drug-likeness (QED) is 0.817. The molecule has 112 valence electrons. The molecule has 1 heterocycles. The van der Waals surface area contributed by atoms with Crippen LogP contribution in [-0.4, -0.2) is 37.1 Å². The van der Waals surface area contributed by atoms with Crippen LogP contribution in [0.1, 0.15) is 65.2 Å². The summed E-state index contributed by atoms with van der Waals surface area (Å²) in [6, 6.07) is 0.805. The van der Waals surface area contributed by atoms with Crippen LogP contribution in [0.25, 0.3) is 0 Å². The van der Waals surface area contributed by atoms with E-state index in [0.717, 1.165) is 17.9 Å². The molecule has 1 aliphatic carbocycles. The Morgan fingerprint density at radius 3 is 2.74 bits per heavy atom. The summed E-state index contributed by atoms with van der Waals surface area (Å²) in [5.74, 6) is 1.94. The number of nitrogens with one attached hydrogen (secondary N) is 1. The van der Waals surface area contributed by atoms with Gasteiger partial charge < -0.3 is 10.2 Å². The fourth-order valence-electron chi connectivity index (χ4n) is 3.90. The Morgan fingerprint density at radius 1 is 1.05 bits per heavy atom. The molecule has 2 nitrogen and oxygen atoms in total. The monoisotopic (exact) mass is 266 g/mol. The molecule has 0 aromatic carbocycles. The molecule has 0 aromatic rings. The first-order chi connectivity index (χ1) is 9.28. The summed E-state index contributed by atoms with van der Waals surface area (Å²) in [4.78, 5) is 2.69. The number of nitrogens with zero attached hydrogens (tertiary/aromatic N) is 1. The Labute approximate surface area is 120 Å². The van der Waals surface area contributed by atoms with Crippen molar-refractivity contribution >= 4 is 0 Å². The van der Waals surface area contributed by atoms with E-state index in [1.54, 1.807) is 0 Å². The van der Waals surface area contributed by atoms with E-state index in [1.807, 2.05) is 0 Å². The second-order valence-electron chi connectivity index (χ2n) is 6.97. The highest BCUT2D eigenvalue weighted by Crippen LogP contribution is 2.23. The first kappa shape index (κ1) is 15.3. The molecule has 2 aliphatic rings. The lowest BCUT2D eigenvalue weighted by Gasteiger charge is -2.29. The van der Waals surface area contributed by atoms with E-state index in [1.165, 1.54) is 77.5 Å². The maximum Gasteiger partial charge on any atom is 0.0107 e. The van der Waals surface area contributed by atoms with Gasteiger partial charge in [0.25, 0.3) is 0 Å². The Kier molecular flexibility index (Phi) is 6.66. The zero-order valence-corrected chi connectivity index (χ0v) is 13.2. The standard InChI is InChI=1S/C17H34N2/c1-3-16-7-5-11-19(12-9-16)13-10-18-17-8-4-6-15(2)14-17/h15-18H,3-14H2,1-2H3. The average Bonchev–Trinajstić information content (AvgIpc) is 2.64. The molecule has 1 saturated carbocycles. The molecule has 0 radical (unpaired) electrons. The van der Waals surface area contributed by atoms with E-state index >= 15 is 0 Å². The van der Waals surface area contributed by atoms with E-state index in [4.69, 9.17) is 0 Å². The minimum atomic E-state index is 0.805. The molecule has 1 N–H and O–H groups in total. The van der Waals surface area contributed by atoms with Gasteiger partial charge in [-0.15, -0.1) is 0 Å². The maximum absolute atomic E-state index is 3.80. The van der Waals surface area contributed by atoms with E-state index in [2.05, 4.69) is 24.1 Å². The predicted molar refractivity (Wildman–Crippen MR) is 83.5 cm³/mol. The van der Waals surface area contributed by atoms with E-state index in [9.17, 15) is 0 Å². The SMILES string of the molecule is CCC1CCCN(CCNC2CCCC(C)C2)CC1. The Bertz CT molecular complexity index is 241. The van der Waals surface area contributed by atoms with Crippen molar-refractivity contribution in [3.8, 4) is 0 Å². The van der Waals surface area contributed by atoms with Crippen LogP contribution in [0.15, 0.2) is 0 Å². The van der Waals surface area contributed by atoms with E-state index in [-0.39, 0.29) is 0 Å². The van der Waals surface area contributed by atoms with Gasteiger partial charge in [0, 0.05) is 19.1 Å². The number of hydrogen-bond acceptors (Lipinski definition) is 2. The average molecular weight is 266 g/mol. The summed E-state index contributed by atoms with van der Waals surface area (Å²) in [5.41, 5.74) is 0. The van der Waals surface area contributed by atoms with Crippen LogP contribution in [-0.2, 0) is 0 Å². The molecule has 3 unspecified atom stereocenters. The molecule has 1 aliphatic heterocycles. The van der Waals surface area contributed by atoms with Crippen molar-refractivity contribution in [1.29, 1.82) is 0 Å². The van der Waals surface area contributed by atoms with Crippen LogP contribution in [0.3, 0.4) is 0 Å². The summed E-state index contributed by atoms with van der Waals surface area (Å²) in [7, 11) is 0. The van der Waals surface area contributed by atoms with Gasteiger partial charge in [0.2, 0.25) is 0 Å². The Balaban J connectivity index is 1.60. The molecule has 2 heteroatoms. The molecule has 0 bridgehead atoms. The van der Waals surface area contributed by atoms with Crippen molar-refractivity contribution in [2.24, 2.45) is 11.8 Å². The maximum atomic E-state index is 3.80. The molecule has 0 aromatic heterocycles. The van der Waals surface area contributed by atoms with Gasteiger partial charge in [-0.3, -0.25) is 0 Å². The van der Waals surface area contributed by atoms with Crippen molar-refractivity contribution in [1.82, 2.24) is 10.2 Å². The zero-order chi connectivity index (χ0) is 13.5. The van der Waals surface area contributed by atoms with Crippen LogP contribution in [0.2, 0.25) is 0 Å². The third-order valence-electron chi connectivity index (χ3n) is 5.32. The Morgan fingerprint density at radius 2 is 1.95 bits per heavy atom. The number of hydrogen-bond donors (Lipinski definition) is 1. The Hall–Kier alpha value is -0.0800. The van der Waals surface area contributed by atoms with Crippen LogP contribution in [0.4, 0.5) is 0 Å². The highest BCUT2D eigenvalue weighted by Gasteiger charge is 2.19. The van der Waals surface area contributed by atoms with Gasteiger partial charge >= 0.3 is 0 Å². The largest absolute Gasteiger partial charge is 0.313 e. The van der Waals surface area contributed by atoms with Gasteiger partial charge in [-0.25, -0.2) is 0 Å². The molecule has 1 saturated heterocycles. The third-order valence-corrected chi connectivity index (χ3v) is 5.32. The molecule has 19 heavy (non-hydrogen) atoms. The second kappa shape index (κ2) is 8.26. The minimum absolute atomic E-state index is 0.805. The predicted octanol–water partition coefficient (Wildman–Crippen LogP) is 3.67. The first-order valence-corrected chi connectivity index (χ1v) is 8.73. The van der Waals surface area contributed by atoms with Gasteiger partial charge in [0.05, 0.1) is 0 Å². The summed E-state index contributed by atoms with van der Waals surface area (Å²) in [6.07, 6.45) is 11.4. The molecular weight excluding hydrogens is 232 g/mol. The lowest BCUT2D eigenvalue weighted by Crippen LogP contribution is -2.39. The van der Waals surface area contributed by atoms with Crippen molar-refractivity contribution in [3.05, 3.63) is 0 Å². The van der Waals surface area contributed by atoms with Gasteiger partial charge in [-0.05, 0) is 57.0 Å². The smallest absolute Gasteiger partial charge is 0.0107 e. The molecule has 2 fully saturated rings.